The third kappa shape index (κ3) is 4.07. The number of anilines is 1. The van der Waals surface area contributed by atoms with Gasteiger partial charge < -0.3 is 19.7 Å². The summed E-state index contributed by atoms with van der Waals surface area (Å²) in [6, 6.07) is 15.8. The molecular formula is C18H15NO4S2. The Morgan fingerprint density at radius 1 is 1.16 bits per heavy atom. The fourth-order valence-electron chi connectivity index (χ4n) is 2.20. The Morgan fingerprint density at radius 2 is 2.00 bits per heavy atom. The maximum atomic E-state index is 11.0. The molecule has 0 aliphatic rings. The smallest absolute Gasteiger partial charge is 0.335 e. The van der Waals surface area contributed by atoms with E-state index in [1.54, 1.807) is 29.5 Å². The Labute approximate surface area is 153 Å². The van der Waals surface area contributed by atoms with Crippen LogP contribution in [-0.2, 0) is 0 Å². The summed E-state index contributed by atoms with van der Waals surface area (Å²) in [5, 5.41) is 18.6. The van der Waals surface area contributed by atoms with E-state index in [9.17, 15) is 9.90 Å². The first-order valence-corrected chi connectivity index (χ1v) is 8.93. The molecule has 5 nitrogen and oxygen atoms in total. The number of aromatic carboxylic acids is 1. The molecule has 128 valence electrons. The third-order valence-electron chi connectivity index (χ3n) is 3.42. The number of thiophene rings is 1. The standard InChI is InChI=1S/C18H15NO4S2/c1-23-15-10-12(18(21)22)5-6-14(15)19-25-17-8-7-16(24-17)11-3-2-4-13(20)9-11/h2-10,19-20H,1H3,(H,21,22). The van der Waals surface area contributed by atoms with Gasteiger partial charge in [-0.15, -0.1) is 11.3 Å². The minimum atomic E-state index is -0.994. The molecular weight excluding hydrogens is 358 g/mol. The molecule has 0 atom stereocenters. The molecule has 0 amide bonds. The largest absolute Gasteiger partial charge is 0.508 e. The number of benzene rings is 2. The minimum absolute atomic E-state index is 0.176. The fourth-order valence-corrected chi connectivity index (χ4v) is 4.01. The number of phenols is 1. The van der Waals surface area contributed by atoms with Gasteiger partial charge in [0.15, 0.2) is 0 Å². The van der Waals surface area contributed by atoms with Gasteiger partial charge in [-0.3, -0.25) is 0 Å². The van der Waals surface area contributed by atoms with Crippen molar-refractivity contribution in [3.8, 4) is 21.9 Å². The number of carboxylic acids is 1. The summed E-state index contributed by atoms with van der Waals surface area (Å²) in [6.07, 6.45) is 0. The molecule has 7 heteroatoms. The van der Waals surface area contributed by atoms with Crippen LogP contribution in [0.25, 0.3) is 10.4 Å². The van der Waals surface area contributed by atoms with Crippen molar-refractivity contribution >= 4 is 34.9 Å². The molecule has 0 spiro atoms. The Bertz CT molecular complexity index is 908. The Morgan fingerprint density at radius 3 is 2.72 bits per heavy atom. The first kappa shape index (κ1) is 17.2. The molecule has 0 saturated carbocycles. The number of hydrogen-bond donors (Lipinski definition) is 3. The van der Waals surface area contributed by atoms with Crippen LogP contribution in [0.15, 0.2) is 58.8 Å². The first-order chi connectivity index (χ1) is 12.1. The Hall–Kier alpha value is -2.64. The summed E-state index contributed by atoms with van der Waals surface area (Å²) >= 11 is 3.01. The van der Waals surface area contributed by atoms with E-state index in [4.69, 9.17) is 9.84 Å². The normalized spacial score (nSPS) is 10.4. The molecule has 0 radical (unpaired) electrons. The predicted octanol–water partition coefficient (Wildman–Crippen LogP) is 4.95. The van der Waals surface area contributed by atoms with Crippen molar-refractivity contribution in [2.45, 2.75) is 4.21 Å². The monoisotopic (exact) mass is 373 g/mol. The lowest BCUT2D eigenvalue weighted by Crippen LogP contribution is -1.99. The number of methoxy groups -OCH3 is 1. The third-order valence-corrected chi connectivity index (χ3v) is 5.51. The van der Waals surface area contributed by atoms with Gasteiger partial charge in [-0.05, 0) is 60.0 Å². The van der Waals surface area contributed by atoms with Crippen molar-refractivity contribution in [1.82, 2.24) is 0 Å². The second-order valence-electron chi connectivity index (χ2n) is 5.09. The number of aromatic hydroxyl groups is 1. The van der Waals surface area contributed by atoms with Gasteiger partial charge in [-0.1, -0.05) is 12.1 Å². The van der Waals surface area contributed by atoms with Gasteiger partial charge in [0.25, 0.3) is 0 Å². The lowest BCUT2D eigenvalue weighted by atomic mass is 10.2. The number of rotatable bonds is 6. The van der Waals surface area contributed by atoms with E-state index in [1.165, 1.54) is 31.2 Å². The summed E-state index contributed by atoms with van der Waals surface area (Å²) < 4.78 is 9.46. The zero-order chi connectivity index (χ0) is 17.8. The van der Waals surface area contributed by atoms with Gasteiger partial charge in [0.05, 0.1) is 22.6 Å². The molecule has 1 aromatic heterocycles. The van der Waals surface area contributed by atoms with Crippen LogP contribution < -0.4 is 9.46 Å². The summed E-state index contributed by atoms with van der Waals surface area (Å²) in [6.45, 7) is 0. The van der Waals surface area contributed by atoms with Crippen molar-refractivity contribution in [3.63, 3.8) is 0 Å². The second kappa shape index (κ2) is 7.50. The number of carboxylic acid groups (broad SMARTS) is 1. The quantitative estimate of drug-likeness (QED) is 0.531. The van der Waals surface area contributed by atoms with E-state index >= 15 is 0 Å². The molecule has 3 aromatic rings. The van der Waals surface area contributed by atoms with Crippen LogP contribution in [-0.4, -0.2) is 23.3 Å². The van der Waals surface area contributed by atoms with Crippen molar-refractivity contribution in [3.05, 3.63) is 60.2 Å². The van der Waals surface area contributed by atoms with Crippen molar-refractivity contribution in [2.75, 3.05) is 11.8 Å². The minimum Gasteiger partial charge on any atom is -0.508 e. The van der Waals surface area contributed by atoms with E-state index in [1.807, 2.05) is 24.3 Å². The van der Waals surface area contributed by atoms with Crippen LogP contribution in [0.1, 0.15) is 10.4 Å². The molecule has 25 heavy (non-hydrogen) atoms. The molecule has 3 rings (SSSR count). The van der Waals surface area contributed by atoms with Gasteiger partial charge in [-0.25, -0.2) is 4.79 Å². The number of hydrogen-bond acceptors (Lipinski definition) is 6. The maximum Gasteiger partial charge on any atom is 0.335 e. The maximum absolute atomic E-state index is 11.0. The summed E-state index contributed by atoms with van der Waals surface area (Å²) in [5.41, 5.74) is 1.83. The zero-order valence-electron chi connectivity index (χ0n) is 13.2. The molecule has 0 fully saturated rings. The summed E-state index contributed by atoms with van der Waals surface area (Å²) in [4.78, 5) is 12.1. The summed E-state index contributed by atoms with van der Waals surface area (Å²) in [5.74, 6) is -0.287. The highest BCUT2D eigenvalue weighted by molar-refractivity contribution is 8.02. The molecule has 0 bridgehead atoms. The Kier molecular flexibility index (Phi) is 5.16. The van der Waals surface area contributed by atoms with E-state index in [0.717, 1.165) is 14.6 Å². The van der Waals surface area contributed by atoms with Crippen molar-refractivity contribution in [2.24, 2.45) is 0 Å². The average molecular weight is 373 g/mol. The highest BCUT2D eigenvalue weighted by Gasteiger charge is 2.10. The van der Waals surface area contributed by atoms with Crippen molar-refractivity contribution < 1.29 is 19.7 Å². The number of phenolic OH excluding ortho intramolecular Hbond substituents is 1. The van der Waals surface area contributed by atoms with Gasteiger partial charge >= 0.3 is 5.97 Å². The molecule has 0 aliphatic carbocycles. The zero-order valence-corrected chi connectivity index (χ0v) is 14.9. The van der Waals surface area contributed by atoms with Crippen LogP contribution >= 0.6 is 23.3 Å². The Balaban J connectivity index is 1.73. The van der Waals surface area contributed by atoms with E-state index in [2.05, 4.69) is 4.72 Å². The average Bonchev–Trinajstić information content (AvgIpc) is 3.08. The first-order valence-electron chi connectivity index (χ1n) is 7.30. The number of carbonyl (C=O) groups is 1. The van der Waals surface area contributed by atoms with E-state index < -0.39 is 5.97 Å². The highest BCUT2D eigenvalue weighted by atomic mass is 32.2. The summed E-state index contributed by atoms with van der Waals surface area (Å²) in [7, 11) is 1.50. The van der Waals surface area contributed by atoms with Crippen molar-refractivity contribution in [1.29, 1.82) is 0 Å². The van der Waals surface area contributed by atoms with Crippen LogP contribution in [0.3, 0.4) is 0 Å². The van der Waals surface area contributed by atoms with Crippen LogP contribution in [0, 0.1) is 0 Å². The number of ether oxygens (including phenoxy) is 1. The van der Waals surface area contributed by atoms with E-state index in [0.29, 0.717) is 11.4 Å². The molecule has 2 aromatic carbocycles. The molecule has 0 aliphatic heterocycles. The predicted molar refractivity (Wildman–Crippen MR) is 101 cm³/mol. The lowest BCUT2D eigenvalue weighted by Gasteiger charge is -2.10. The van der Waals surface area contributed by atoms with Gasteiger partial charge in [-0.2, -0.15) is 0 Å². The van der Waals surface area contributed by atoms with Gasteiger partial charge in [0.1, 0.15) is 11.5 Å². The molecule has 0 saturated heterocycles. The highest BCUT2D eigenvalue weighted by Crippen LogP contribution is 2.37. The van der Waals surface area contributed by atoms with Crippen LogP contribution in [0.5, 0.6) is 11.5 Å². The fraction of sp³-hybridized carbons (Fsp3) is 0.0556. The number of nitrogens with one attached hydrogen (secondary N) is 1. The van der Waals surface area contributed by atoms with Crippen LogP contribution in [0.2, 0.25) is 0 Å². The van der Waals surface area contributed by atoms with Gasteiger partial charge in [0.2, 0.25) is 0 Å². The SMILES string of the molecule is COc1cc(C(=O)O)ccc1NSc1ccc(-c2cccc(O)c2)s1. The second-order valence-corrected chi connectivity index (χ2v) is 7.28. The van der Waals surface area contributed by atoms with E-state index in [-0.39, 0.29) is 11.3 Å². The topological polar surface area (TPSA) is 78.8 Å². The molecule has 1 heterocycles. The van der Waals surface area contributed by atoms with Crippen LogP contribution in [0.4, 0.5) is 5.69 Å². The lowest BCUT2D eigenvalue weighted by molar-refractivity contribution is 0.0696. The molecule has 0 unspecified atom stereocenters. The molecule has 3 N–H and O–H groups in total. The van der Waals surface area contributed by atoms with Gasteiger partial charge in [0, 0.05) is 4.88 Å².